The summed E-state index contributed by atoms with van der Waals surface area (Å²) in [6, 6.07) is 0. The van der Waals surface area contributed by atoms with Crippen molar-refractivity contribution in [2.24, 2.45) is 11.3 Å². The summed E-state index contributed by atoms with van der Waals surface area (Å²) in [5.41, 5.74) is 0.105. The predicted octanol–water partition coefficient (Wildman–Crippen LogP) is 3.58. The van der Waals surface area contributed by atoms with Gasteiger partial charge in [-0.15, -0.1) is 23.5 Å². The first-order valence-corrected chi connectivity index (χ1v) is 8.99. The highest BCUT2D eigenvalue weighted by Crippen LogP contribution is 2.63. The van der Waals surface area contributed by atoms with Gasteiger partial charge < -0.3 is 14.2 Å². The van der Waals surface area contributed by atoms with Crippen LogP contribution in [-0.2, 0) is 14.2 Å². The highest BCUT2D eigenvalue weighted by molar-refractivity contribution is 8.18. The van der Waals surface area contributed by atoms with E-state index in [0.29, 0.717) is 5.92 Å². The molecule has 0 amide bonds. The van der Waals surface area contributed by atoms with Gasteiger partial charge in [0.2, 0.25) is 0 Å². The topological polar surface area (TPSA) is 27.7 Å². The average Bonchev–Trinajstić information content (AvgIpc) is 2.85. The van der Waals surface area contributed by atoms with Crippen LogP contribution in [0.4, 0.5) is 0 Å². The van der Waals surface area contributed by atoms with Gasteiger partial charge in [-0.25, -0.2) is 0 Å². The van der Waals surface area contributed by atoms with Gasteiger partial charge in [-0.3, -0.25) is 0 Å². The summed E-state index contributed by atoms with van der Waals surface area (Å²) in [6.07, 6.45) is 4.74. The lowest BCUT2D eigenvalue weighted by molar-refractivity contribution is -0.170. The molecule has 1 saturated heterocycles. The van der Waals surface area contributed by atoms with Crippen molar-refractivity contribution in [3.05, 3.63) is 0 Å². The van der Waals surface area contributed by atoms with Crippen LogP contribution in [0, 0.1) is 11.3 Å². The second-order valence-electron chi connectivity index (χ2n) is 5.57. The van der Waals surface area contributed by atoms with Crippen LogP contribution in [0.1, 0.15) is 32.6 Å². The molecule has 2 unspecified atom stereocenters. The molecule has 2 aliphatic rings. The zero-order chi connectivity index (χ0) is 13.9. The van der Waals surface area contributed by atoms with E-state index in [9.17, 15) is 0 Å². The largest absolute Gasteiger partial charge is 0.358 e. The van der Waals surface area contributed by atoms with Gasteiger partial charge in [0.1, 0.15) is 0 Å². The van der Waals surface area contributed by atoms with Gasteiger partial charge in [-0.1, -0.05) is 13.3 Å². The van der Waals surface area contributed by atoms with Crippen LogP contribution in [0.15, 0.2) is 0 Å². The molecule has 112 valence electrons. The van der Waals surface area contributed by atoms with Crippen molar-refractivity contribution < 1.29 is 14.2 Å². The molecule has 0 aromatic carbocycles. The van der Waals surface area contributed by atoms with E-state index in [2.05, 4.69) is 6.92 Å². The molecule has 1 saturated carbocycles. The van der Waals surface area contributed by atoms with Crippen LogP contribution in [0.3, 0.4) is 0 Å². The maximum Gasteiger partial charge on any atom is 0.165 e. The van der Waals surface area contributed by atoms with E-state index >= 15 is 0 Å². The zero-order valence-corrected chi connectivity index (χ0v) is 14.1. The van der Waals surface area contributed by atoms with E-state index in [1.165, 1.54) is 30.8 Å². The number of rotatable bonds is 5. The molecule has 0 N–H and O–H groups in total. The third-order valence-corrected chi connectivity index (χ3v) is 8.38. The predicted molar refractivity (Wildman–Crippen MR) is 82.5 cm³/mol. The van der Waals surface area contributed by atoms with Crippen molar-refractivity contribution >= 4 is 23.5 Å². The molecule has 0 bridgehead atoms. The first-order valence-electron chi connectivity index (χ1n) is 7.02. The number of hydrogen-bond donors (Lipinski definition) is 0. The fourth-order valence-corrected chi connectivity index (χ4v) is 7.16. The molecule has 1 aliphatic carbocycles. The highest BCUT2D eigenvalue weighted by Gasteiger charge is 2.58. The van der Waals surface area contributed by atoms with Crippen LogP contribution < -0.4 is 0 Å². The Morgan fingerprint density at radius 1 is 1.05 bits per heavy atom. The van der Waals surface area contributed by atoms with Crippen molar-refractivity contribution in [1.82, 2.24) is 0 Å². The highest BCUT2D eigenvalue weighted by atomic mass is 32.2. The number of methoxy groups -OCH3 is 3. The fraction of sp³-hybridized carbons (Fsp3) is 1.00. The number of thioether (sulfide) groups is 2. The number of ether oxygens (including phenoxy) is 3. The summed E-state index contributed by atoms with van der Waals surface area (Å²) in [4.78, 5) is 0. The molecule has 0 radical (unpaired) electrons. The molecule has 2 rings (SSSR count). The summed E-state index contributed by atoms with van der Waals surface area (Å²) in [5.74, 6) is 2.78. The Kier molecular flexibility index (Phi) is 5.51. The van der Waals surface area contributed by atoms with E-state index in [4.69, 9.17) is 14.2 Å². The van der Waals surface area contributed by atoms with E-state index in [1.807, 2.05) is 30.6 Å². The first-order chi connectivity index (χ1) is 9.13. The molecule has 1 aliphatic heterocycles. The lowest BCUT2D eigenvalue weighted by Crippen LogP contribution is -2.50. The molecule has 1 heterocycles. The van der Waals surface area contributed by atoms with Crippen molar-refractivity contribution in [3.8, 4) is 0 Å². The van der Waals surface area contributed by atoms with Gasteiger partial charge in [0.05, 0.1) is 0 Å². The molecule has 19 heavy (non-hydrogen) atoms. The van der Waals surface area contributed by atoms with E-state index in [0.717, 1.165) is 6.42 Å². The maximum absolute atomic E-state index is 6.05. The Balaban J connectivity index is 2.27. The molecular formula is C14H26O3S2. The van der Waals surface area contributed by atoms with Gasteiger partial charge >= 0.3 is 0 Å². The quantitative estimate of drug-likeness (QED) is 0.724. The zero-order valence-electron chi connectivity index (χ0n) is 12.4. The van der Waals surface area contributed by atoms with Gasteiger partial charge in [-0.05, 0) is 30.8 Å². The Morgan fingerprint density at radius 2 is 1.68 bits per heavy atom. The van der Waals surface area contributed by atoms with Gasteiger partial charge in [0.15, 0.2) is 10.6 Å². The summed E-state index contributed by atoms with van der Waals surface area (Å²) in [5, 5.41) is 0. The van der Waals surface area contributed by atoms with E-state index < -0.39 is 0 Å². The Hall–Kier alpha value is 0.580. The van der Waals surface area contributed by atoms with Crippen molar-refractivity contribution in [3.63, 3.8) is 0 Å². The molecule has 2 fully saturated rings. The lowest BCUT2D eigenvalue weighted by Gasteiger charge is -2.50. The molecule has 0 aromatic rings. The standard InChI is InChI=1S/C14H26O3S2/c1-13(14(17-4)18-9-6-10-19-14)8-5-7-11(13)12(15-2)16-3/h11-12H,5-10H2,1-4H3. The molecule has 2 atom stereocenters. The molecule has 3 nitrogen and oxygen atoms in total. The van der Waals surface area contributed by atoms with E-state index in [1.54, 1.807) is 14.2 Å². The summed E-state index contributed by atoms with van der Waals surface area (Å²) < 4.78 is 17.0. The van der Waals surface area contributed by atoms with Crippen molar-refractivity contribution in [2.75, 3.05) is 32.8 Å². The Labute approximate surface area is 125 Å². The normalized spacial score (nSPS) is 34.9. The first kappa shape index (κ1) is 16.0. The van der Waals surface area contributed by atoms with Crippen LogP contribution >= 0.6 is 23.5 Å². The minimum atomic E-state index is -0.137. The second-order valence-corrected chi connectivity index (χ2v) is 8.37. The maximum atomic E-state index is 6.05. The average molecular weight is 306 g/mol. The molecule has 5 heteroatoms. The summed E-state index contributed by atoms with van der Waals surface area (Å²) >= 11 is 3.96. The summed E-state index contributed by atoms with van der Waals surface area (Å²) in [6.45, 7) is 2.37. The van der Waals surface area contributed by atoms with Crippen molar-refractivity contribution in [2.45, 2.75) is 43.2 Å². The molecule has 0 aromatic heterocycles. The number of hydrogen-bond acceptors (Lipinski definition) is 5. The third kappa shape index (κ3) is 2.69. The third-order valence-electron chi connectivity index (χ3n) is 4.66. The van der Waals surface area contributed by atoms with Crippen molar-refractivity contribution in [1.29, 1.82) is 0 Å². The smallest absolute Gasteiger partial charge is 0.165 e. The van der Waals surface area contributed by atoms with Gasteiger partial charge in [-0.2, -0.15) is 0 Å². The molecular weight excluding hydrogens is 280 g/mol. The second kappa shape index (κ2) is 6.56. The van der Waals surface area contributed by atoms with Crippen LogP contribution in [0.2, 0.25) is 0 Å². The van der Waals surface area contributed by atoms with Crippen LogP contribution in [0.25, 0.3) is 0 Å². The summed E-state index contributed by atoms with van der Waals surface area (Å²) in [7, 11) is 5.35. The Morgan fingerprint density at radius 3 is 2.21 bits per heavy atom. The van der Waals surface area contributed by atoms with Crippen LogP contribution in [0.5, 0.6) is 0 Å². The van der Waals surface area contributed by atoms with Gasteiger partial charge in [0.25, 0.3) is 0 Å². The lowest BCUT2D eigenvalue weighted by atomic mass is 9.79. The van der Waals surface area contributed by atoms with E-state index in [-0.39, 0.29) is 16.0 Å². The monoisotopic (exact) mass is 306 g/mol. The Bertz CT molecular complexity index is 290. The fourth-order valence-electron chi connectivity index (χ4n) is 3.63. The van der Waals surface area contributed by atoms with Gasteiger partial charge in [0, 0.05) is 32.7 Å². The molecule has 0 spiro atoms. The minimum Gasteiger partial charge on any atom is -0.358 e. The SMILES string of the molecule is COC(OC)C1CCCC1(C)C1(OC)SCCCS1. The minimum absolute atomic E-state index is 0.105. The van der Waals surface area contributed by atoms with Crippen LogP contribution in [-0.4, -0.2) is 43.4 Å².